The molecule has 1 aliphatic rings. The Labute approximate surface area is 243 Å². The topological polar surface area (TPSA) is 156 Å². The predicted molar refractivity (Wildman–Crippen MR) is 153 cm³/mol. The average Bonchev–Trinajstić information content (AvgIpc) is 2.98. The molecule has 1 aliphatic heterocycles. The number of nitro benzene ring substituents is 1. The average molecular weight is 574 g/mol. The number of fused-ring (bicyclic) bond motifs is 1. The number of benzene rings is 3. The molecule has 0 amide bonds. The van der Waals surface area contributed by atoms with E-state index in [4.69, 9.17) is 29.4 Å². The standard InChI is InChI=1S/C31H31N3O8/c1-3-5-6-15-39-26-14-7-20(16-28(26)38-4-2)30-24-13-12-23(17-27(24)42-31(33)25(30)18-32)41-29(35)19-40-22-10-8-21(9-11-22)34(36)37/h7-14,16-17,30H,3-6,15,19,33H2,1-2H3. The zero-order chi connectivity index (χ0) is 30.1. The number of hydrogen-bond acceptors (Lipinski definition) is 10. The number of carbonyl (C=O) groups is 1. The highest BCUT2D eigenvalue weighted by Gasteiger charge is 2.32. The van der Waals surface area contributed by atoms with E-state index in [-0.39, 0.29) is 28.6 Å². The number of ether oxygens (including phenoxy) is 5. The van der Waals surface area contributed by atoms with Crippen molar-refractivity contribution in [3.05, 3.63) is 93.4 Å². The number of nitro groups is 1. The van der Waals surface area contributed by atoms with Crippen LogP contribution in [0.25, 0.3) is 0 Å². The number of nitrogens with zero attached hydrogens (tertiary/aromatic N) is 2. The fourth-order valence-electron chi connectivity index (χ4n) is 4.44. The van der Waals surface area contributed by atoms with Gasteiger partial charge in [0.15, 0.2) is 18.1 Å². The molecule has 0 radical (unpaired) electrons. The van der Waals surface area contributed by atoms with Gasteiger partial charge in [-0.2, -0.15) is 5.26 Å². The van der Waals surface area contributed by atoms with Crippen molar-refractivity contribution in [3.63, 3.8) is 0 Å². The van der Waals surface area contributed by atoms with E-state index in [1.807, 2.05) is 25.1 Å². The molecule has 1 atom stereocenters. The molecule has 218 valence electrons. The van der Waals surface area contributed by atoms with Gasteiger partial charge in [-0.3, -0.25) is 10.1 Å². The zero-order valence-electron chi connectivity index (χ0n) is 23.3. The van der Waals surface area contributed by atoms with Gasteiger partial charge in [-0.15, -0.1) is 0 Å². The first kappa shape index (κ1) is 29.7. The van der Waals surface area contributed by atoms with Gasteiger partial charge in [0.1, 0.15) is 28.9 Å². The van der Waals surface area contributed by atoms with Crippen LogP contribution in [0.4, 0.5) is 5.69 Å². The summed E-state index contributed by atoms with van der Waals surface area (Å²) in [6.07, 6.45) is 3.09. The Morgan fingerprint density at radius 3 is 2.45 bits per heavy atom. The van der Waals surface area contributed by atoms with Gasteiger partial charge in [0.25, 0.3) is 5.69 Å². The van der Waals surface area contributed by atoms with E-state index in [0.29, 0.717) is 36.0 Å². The smallest absolute Gasteiger partial charge is 0.349 e. The van der Waals surface area contributed by atoms with Gasteiger partial charge >= 0.3 is 5.97 Å². The molecule has 1 unspecified atom stereocenters. The van der Waals surface area contributed by atoms with E-state index in [1.54, 1.807) is 12.1 Å². The first-order chi connectivity index (χ1) is 20.3. The summed E-state index contributed by atoms with van der Waals surface area (Å²) in [5.41, 5.74) is 7.71. The number of non-ortho nitro benzene ring substituents is 1. The van der Waals surface area contributed by atoms with Crippen LogP contribution in [0.15, 0.2) is 72.1 Å². The number of unbranched alkanes of at least 4 members (excludes halogenated alkanes) is 2. The van der Waals surface area contributed by atoms with Gasteiger partial charge in [0.2, 0.25) is 5.88 Å². The van der Waals surface area contributed by atoms with Crippen molar-refractivity contribution in [1.82, 2.24) is 0 Å². The minimum absolute atomic E-state index is 0.0576. The van der Waals surface area contributed by atoms with E-state index >= 15 is 0 Å². The summed E-state index contributed by atoms with van der Waals surface area (Å²) in [6.45, 7) is 4.60. The van der Waals surface area contributed by atoms with Gasteiger partial charge < -0.3 is 29.4 Å². The summed E-state index contributed by atoms with van der Waals surface area (Å²) < 4.78 is 28.3. The molecule has 42 heavy (non-hydrogen) atoms. The minimum atomic E-state index is -0.697. The number of rotatable bonds is 13. The minimum Gasteiger partial charge on any atom is -0.490 e. The molecule has 3 aromatic rings. The first-order valence-electron chi connectivity index (χ1n) is 13.5. The molecule has 0 bridgehead atoms. The Morgan fingerprint density at radius 2 is 1.76 bits per heavy atom. The van der Waals surface area contributed by atoms with E-state index in [2.05, 4.69) is 13.0 Å². The number of nitriles is 1. The lowest BCUT2D eigenvalue weighted by molar-refractivity contribution is -0.384. The number of esters is 1. The number of hydrogen-bond donors (Lipinski definition) is 1. The van der Waals surface area contributed by atoms with Gasteiger partial charge in [0.05, 0.1) is 24.1 Å². The normalized spacial score (nSPS) is 13.8. The Morgan fingerprint density at radius 1 is 1.00 bits per heavy atom. The Hall–Kier alpha value is -5.24. The summed E-state index contributed by atoms with van der Waals surface area (Å²) in [6, 6.07) is 17.8. The maximum atomic E-state index is 12.4. The van der Waals surface area contributed by atoms with Gasteiger partial charge in [0, 0.05) is 23.8 Å². The van der Waals surface area contributed by atoms with Crippen LogP contribution in [-0.4, -0.2) is 30.7 Å². The van der Waals surface area contributed by atoms with E-state index < -0.39 is 23.4 Å². The van der Waals surface area contributed by atoms with Crippen molar-refractivity contribution in [1.29, 1.82) is 5.26 Å². The molecule has 0 saturated carbocycles. The number of nitrogens with two attached hydrogens (primary N) is 1. The lowest BCUT2D eigenvalue weighted by Gasteiger charge is -2.27. The third kappa shape index (κ3) is 7.09. The maximum absolute atomic E-state index is 12.4. The molecular weight excluding hydrogens is 542 g/mol. The van der Waals surface area contributed by atoms with Crippen LogP contribution >= 0.6 is 0 Å². The van der Waals surface area contributed by atoms with Crippen LogP contribution in [-0.2, 0) is 4.79 Å². The highest BCUT2D eigenvalue weighted by molar-refractivity contribution is 5.74. The highest BCUT2D eigenvalue weighted by atomic mass is 16.6. The van der Waals surface area contributed by atoms with Crippen molar-refractivity contribution in [2.45, 2.75) is 39.0 Å². The zero-order valence-corrected chi connectivity index (χ0v) is 23.3. The molecule has 1 heterocycles. The Bertz CT molecular complexity index is 1510. The van der Waals surface area contributed by atoms with Crippen molar-refractivity contribution in [2.24, 2.45) is 5.73 Å². The number of allylic oxidation sites excluding steroid dienone is 1. The molecule has 11 heteroatoms. The van der Waals surface area contributed by atoms with Crippen molar-refractivity contribution >= 4 is 11.7 Å². The Balaban J connectivity index is 1.52. The monoisotopic (exact) mass is 573 g/mol. The van der Waals surface area contributed by atoms with E-state index in [1.165, 1.54) is 30.3 Å². The van der Waals surface area contributed by atoms with E-state index in [9.17, 15) is 20.2 Å². The van der Waals surface area contributed by atoms with Crippen molar-refractivity contribution < 1.29 is 33.4 Å². The fraction of sp³-hybridized carbons (Fsp3) is 0.290. The van der Waals surface area contributed by atoms with E-state index in [0.717, 1.165) is 24.8 Å². The Kier molecular flexibility index (Phi) is 9.84. The molecule has 0 spiro atoms. The van der Waals surface area contributed by atoms with Crippen LogP contribution in [0, 0.1) is 21.4 Å². The second-order valence-electron chi connectivity index (χ2n) is 9.33. The fourth-order valence-corrected chi connectivity index (χ4v) is 4.44. The third-order valence-electron chi connectivity index (χ3n) is 6.43. The van der Waals surface area contributed by atoms with Crippen LogP contribution in [0.2, 0.25) is 0 Å². The summed E-state index contributed by atoms with van der Waals surface area (Å²) in [7, 11) is 0. The predicted octanol–water partition coefficient (Wildman–Crippen LogP) is 5.77. The maximum Gasteiger partial charge on any atom is 0.349 e. The molecular formula is C31H31N3O8. The molecule has 0 aromatic heterocycles. The molecule has 0 fully saturated rings. The van der Waals surface area contributed by atoms with Gasteiger partial charge in [-0.25, -0.2) is 4.79 Å². The van der Waals surface area contributed by atoms with Crippen LogP contribution in [0.5, 0.6) is 28.7 Å². The van der Waals surface area contributed by atoms with Crippen LogP contribution < -0.4 is 29.4 Å². The van der Waals surface area contributed by atoms with Crippen LogP contribution in [0.3, 0.4) is 0 Å². The molecule has 0 aliphatic carbocycles. The summed E-state index contributed by atoms with van der Waals surface area (Å²) in [5.74, 6) is 0.671. The van der Waals surface area contributed by atoms with Gasteiger partial charge in [-0.1, -0.05) is 31.9 Å². The second-order valence-corrected chi connectivity index (χ2v) is 9.33. The van der Waals surface area contributed by atoms with Gasteiger partial charge in [-0.05, 0) is 49.2 Å². The lowest BCUT2D eigenvalue weighted by atomic mass is 9.83. The van der Waals surface area contributed by atoms with Crippen molar-refractivity contribution in [3.8, 4) is 34.8 Å². The summed E-state index contributed by atoms with van der Waals surface area (Å²) in [5, 5.41) is 20.7. The van der Waals surface area contributed by atoms with Crippen molar-refractivity contribution in [2.75, 3.05) is 19.8 Å². The highest BCUT2D eigenvalue weighted by Crippen LogP contribution is 2.45. The quantitative estimate of drug-likeness (QED) is 0.0876. The molecule has 2 N–H and O–H groups in total. The first-order valence-corrected chi connectivity index (χ1v) is 13.5. The summed E-state index contributed by atoms with van der Waals surface area (Å²) in [4.78, 5) is 22.7. The summed E-state index contributed by atoms with van der Waals surface area (Å²) >= 11 is 0. The molecule has 4 rings (SSSR count). The molecule has 0 saturated heterocycles. The molecule has 11 nitrogen and oxygen atoms in total. The van der Waals surface area contributed by atoms with Crippen LogP contribution in [0.1, 0.15) is 50.2 Å². The lowest BCUT2D eigenvalue weighted by Crippen LogP contribution is -2.22. The third-order valence-corrected chi connectivity index (χ3v) is 6.43. The molecule has 3 aromatic carbocycles. The number of carbonyl (C=O) groups excluding carboxylic acids is 1. The SMILES string of the molecule is CCCCCOc1ccc(C2C(C#N)=C(N)Oc3cc(OC(=O)COc4ccc([N+](=O)[O-])cc4)ccc32)cc1OCC. The second kappa shape index (κ2) is 13.9. The largest absolute Gasteiger partial charge is 0.490 e.